The highest BCUT2D eigenvalue weighted by molar-refractivity contribution is 5.79. The summed E-state index contributed by atoms with van der Waals surface area (Å²) in [6, 6.07) is 7.54. The van der Waals surface area contributed by atoms with Crippen LogP contribution in [0.15, 0.2) is 24.3 Å². The molecule has 1 aromatic rings. The Kier molecular flexibility index (Phi) is 5.16. The molecule has 4 heteroatoms. The summed E-state index contributed by atoms with van der Waals surface area (Å²) in [5, 5.41) is 3.15. The molecule has 0 saturated carbocycles. The number of nitrogens with two attached hydrogens (primary N) is 1. The molecule has 1 amide bonds. The maximum atomic E-state index is 11.0. The van der Waals surface area contributed by atoms with Crippen molar-refractivity contribution in [1.82, 2.24) is 5.32 Å². The van der Waals surface area contributed by atoms with Crippen LogP contribution in [0.25, 0.3) is 0 Å². The van der Waals surface area contributed by atoms with Crippen molar-refractivity contribution in [3.8, 4) is 5.75 Å². The van der Waals surface area contributed by atoms with Crippen molar-refractivity contribution in [1.29, 1.82) is 0 Å². The molecule has 0 spiro atoms. The number of amides is 1. The van der Waals surface area contributed by atoms with Gasteiger partial charge in [0, 0.05) is 6.04 Å². The maximum absolute atomic E-state index is 11.0. The average molecular weight is 250 g/mol. The van der Waals surface area contributed by atoms with Gasteiger partial charge in [-0.3, -0.25) is 10.1 Å². The lowest BCUT2D eigenvalue weighted by molar-refractivity contribution is -0.119. The first-order valence-corrected chi connectivity index (χ1v) is 6.22. The number of nitrogens with one attached hydrogen (secondary N) is 1. The second-order valence-corrected chi connectivity index (χ2v) is 4.75. The standard InChI is InChI=1S/C14H22N2O2/c1-9(2)18-13-7-5-6-12(8-13)10(3)16-11(4)14(15)17/h5-11,16H,1-4H3,(H2,15,17)/t10-,11-/m0/s1. The van der Waals surface area contributed by atoms with Gasteiger partial charge in [-0.1, -0.05) is 12.1 Å². The lowest BCUT2D eigenvalue weighted by atomic mass is 10.1. The summed E-state index contributed by atoms with van der Waals surface area (Å²) in [7, 11) is 0. The molecular weight excluding hydrogens is 228 g/mol. The molecular formula is C14H22N2O2. The Balaban J connectivity index is 2.73. The van der Waals surface area contributed by atoms with Gasteiger partial charge in [-0.25, -0.2) is 0 Å². The van der Waals surface area contributed by atoms with Gasteiger partial charge in [-0.15, -0.1) is 0 Å². The van der Waals surface area contributed by atoms with Crippen molar-refractivity contribution in [2.75, 3.05) is 0 Å². The third-order valence-corrected chi connectivity index (χ3v) is 2.66. The molecule has 0 saturated heterocycles. The van der Waals surface area contributed by atoms with E-state index in [9.17, 15) is 4.79 Å². The molecule has 0 fully saturated rings. The predicted octanol–water partition coefficient (Wildman–Crippen LogP) is 2.00. The molecule has 3 N–H and O–H groups in total. The topological polar surface area (TPSA) is 64.3 Å². The van der Waals surface area contributed by atoms with Gasteiger partial charge < -0.3 is 10.5 Å². The molecule has 0 bridgehead atoms. The molecule has 18 heavy (non-hydrogen) atoms. The zero-order chi connectivity index (χ0) is 13.7. The van der Waals surface area contributed by atoms with E-state index in [0.29, 0.717) is 0 Å². The van der Waals surface area contributed by atoms with Crippen molar-refractivity contribution >= 4 is 5.91 Å². The highest BCUT2D eigenvalue weighted by atomic mass is 16.5. The molecule has 0 unspecified atom stereocenters. The quantitative estimate of drug-likeness (QED) is 0.811. The first-order chi connectivity index (χ1) is 8.40. The lowest BCUT2D eigenvalue weighted by Gasteiger charge is -2.19. The Morgan fingerprint density at radius 1 is 1.28 bits per heavy atom. The number of carbonyl (C=O) groups excluding carboxylic acids is 1. The third-order valence-electron chi connectivity index (χ3n) is 2.66. The molecule has 0 aliphatic heterocycles. The molecule has 0 aromatic heterocycles. The largest absolute Gasteiger partial charge is 0.491 e. The smallest absolute Gasteiger partial charge is 0.234 e. The fraction of sp³-hybridized carbons (Fsp3) is 0.500. The molecule has 0 aliphatic carbocycles. The van der Waals surface area contributed by atoms with Crippen LogP contribution < -0.4 is 15.8 Å². The number of hydrogen-bond acceptors (Lipinski definition) is 3. The first kappa shape index (κ1) is 14.5. The first-order valence-electron chi connectivity index (χ1n) is 6.22. The zero-order valence-electron chi connectivity index (χ0n) is 11.4. The maximum Gasteiger partial charge on any atom is 0.234 e. The van der Waals surface area contributed by atoms with E-state index >= 15 is 0 Å². The number of hydrogen-bond donors (Lipinski definition) is 2. The van der Waals surface area contributed by atoms with Crippen molar-refractivity contribution in [2.45, 2.75) is 45.9 Å². The molecule has 0 heterocycles. The fourth-order valence-electron chi connectivity index (χ4n) is 1.68. The van der Waals surface area contributed by atoms with E-state index in [1.807, 2.05) is 45.0 Å². The Hall–Kier alpha value is -1.55. The normalized spacial score (nSPS) is 14.3. The van der Waals surface area contributed by atoms with Crippen molar-refractivity contribution in [3.63, 3.8) is 0 Å². The van der Waals surface area contributed by atoms with Gasteiger partial charge >= 0.3 is 0 Å². The minimum atomic E-state index is -0.352. The number of ether oxygens (including phenoxy) is 1. The second-order valence-electron chi connectivity index (χ2n) is 4.75. The van der Waals surface area contributed by atoms with Gasteiger partial charge in [0.05, 0.1) is 12.1 Å². The zero-order valence-corrected chi connectivity index (χ0v) is 11.4. The van der Waals surface area contributed by atoms with Crippen LogP contribution >= 0.6 is 0 Å². The average Bonchev–Trinajstić information content (AvgIpc) is 2.28. The van der Waals surface area contributed by atoms with Crippen LogP contribution in [0.5, 0.6) is 5.75 Å². The van der Waals surface area contributed by atoms with Crippen LogP contribution in [0.4, 0.5) is 0 Å². The van der Waals surface area contributed by atoms with Crippen LogP contribution in [-0.2, 0) is 4.79 Å². The Labute approximate surface area is 109 Å². The third kappa shape index (κ3) is 4.37. The SMILES string of the molecule is CC(C)Oc1cccc([C@H](C)N[C@@H](C)C(N)=O)c1. The predicted molar refractivity (Wildman–Crippen MR) is 72.4 cm³/mol. The van der Waals surface area contributed by atoms with E-state index in [0.717, 1.165) is 11.3 Å². The van der Waals surface area contributed by atoms with Gasteiger partial charge in [0.15, 0.2) is 0 Å². The van der Waals surface area contributed by atoms with Gasteiger partial charge in [-0.2, -0.15) is 0 Å². The number of primary amides is 1. The summed E-state index contributed by atoms with van der Waals surface area (Å²) < 4.78 is 5.64. The Morgan fingerprint density at radius 2 is 1.94 bits per heavy atom. The number of rotatable bonds is 6. The summed E-state index contributed by atoms with van der Waals surface area (Å²) >= 11 is 0. The number of benzene rings is 1. The van der Waals surface area contributed by atoms with E-state index in [4.69, 9.17) is 10.5 Å². The summed E-state index contributed by atoms with van der Waals surface area (Å²) in [6.07, 6.45) is 0.146. The van der Waals surface area contributed by atoms with Crippen molar-refractivity contribution < 1.29 is 9.53 Å². The fourth-order valence-corrected chi connectivity index (χ4v) is 1.68. The summed E-state index contributed by atoms with van der Waals surface area (Å²) in [5.41, 5.74) is 6.30. The van der Waals surface area contributed by atoms with Gasteiger partial charge in [0.25, 0.3) is 0 Å². The molecule has 0 radical (unpaired) electrons. The second kappa shape index (κ2) is 6.40. The van der Waals surface area contributed by atoms with Gasteiger partial charge in [0.1, 0.15) is 5.75 Å². The summed E-state index contributed by atoms with van der Waals surface area (Å²) in [5.74, 6) is 0.485. The summed E-state index contributed by atoms with van der Waals surface area (Å²) in [6.45, 7) is 7.73. The minimum absolute atomic E-state index is 0.0446. The van der Waals surface area contributed by atoms with Gasteiger partial charge in [-0.05, 0) is 45.4 Å². The van der Waals surface area contributed by atoms with Crippen LogP contribution in [-0.4, -0.2) is 18.1 Å². The highest BCUT2D eigenvalue weighted by Gasteiger charge is 2.13. The van der Waals surface area contributed by atoms with E-state index < -0.39 is 0 Å². The molecule has 100 valence electrons. The minimum Gasteiger partial charge on any atom is -0.491 e. The van der Waals surface area contributed by atoms with Gasteiger partial charge in [0.2, 0.25) is 5.91 Å². The highest BCUT2D eigenvalue weighted by Crippen LogP contribution is 2.20. The molecule has 0 aliphatic rings. The summed E-state index contributed by atoms with van der Waals surface area (Å²) in [4.78, 5) is 11.0. The van der Waals surface area contributed by atoms with Crippen molar-refractivity contribution in [3.05, 3.63) is 29.8 Å². The molecule has 4 nitrogen and oxygen atoms in total. The monoisotopic (exact) mass is 250 g/mol. The lowest BCUT2D eigenvalue weighted by Crippen LogP contribution is -2.39. The molecule has 1 aromatic carbocycles. The van der Waals surface area contributed by atoms with E-state index in [2.05, 4.69) is 5.32 Å². The Morgan fingerprint density at radius 3 is 2.50 bits per heavy atom. The number of carbonyl (C=O) groups is 1. The van der Waals surface area contributed by atoms with Crippen LogP contribution in [0.2, 0.25) is 0 Å². The van der Waals surface area contributed by atoms with Crippen LogP contribution in [0.3, 0.4) is 0 Å². The van der Waals surface area contributed by atoms with E-state index in [1.54, 1.807) is 6.92 Å². The van der Waals surface area contributed by atoms with Crippen molar-refractivity contribution in [2.24, 2.45) is 5.73 Å². The van der Waals surface area contributed by atoms with E-state index in [-0.39, 0.29) is 24.1 Å². The van der Waals surface area contributed by atoms with Crippen LogP contribution in [0.1, 0.15) is 39.3 Å². The van der Waals surface area contributed by atoms with E-state index in [1.165, 1.54) is 0 Å². The Bertz CT molecular complexity index is 405. The molecule has 2 atom stereocenters. The molecule has 1 rings (SSSR count). The van der Waals surface area contributed by atoms with Crippen LogP contribution in [0, 0.1) is 0 Å².